The number of oxazole rings is 1. The monoisotopic (exact) mass is 260 g/mol. The first-order valence-corrected chi connectivity index (χ1v) is 5.94. The van der Waals surface area contributed by atoms with Crippen LogP contribution in [-0.4, -0.2) is 29.2 Å². The van der Waals surface area contributed by atoms with Crippen molar-refractivity contribution in [3.8, 4) is 5.75 Å². The number of rotatable bonds is 2. The summed E-state index contributed by atoms with van der Waals surface area (Å²) in [6.45, 7) is 1.27. The van der Waals surface area contributed by atoms with Crippen LogP contribution in [-0.2, 0) is 0 Å². The number of fused-ring (bicyclic) bond motifs is 1. The van der Waals surface area contributed by atoms with Gasteiger partial charge in [-0.1, -0.05) is 12.1 Å². The van der Waals surface area contributed by atoms with E-state index in [4.69, 9.17) is 14.3 Å². The molecule has 1 aliphatic rings. The second-order valence-corrected chi connectivity index (χ2v) is 4.14. The summed E-state index contributed by atoms with van der Waals surface area (Å²) < 4.78 is 10.9. The van der Waals surface area contributed by atoms with Crippen molar-refractivity contribution in [2.45, 2.75) is 6.42 Å². The minimum absolute atomic E-state index is 0.0994. The van der Waals surface area contributed by atoms with Gasteiger partial charge >= 0.3 is 12.0 Å². The van der Waals surface area contributed by atoms with Gasteiger partial charge in [-0.05, 0) is 18.6 Å². The maximum absolute atomic E-state index is 10.8. The van der Waals surface area contributed by atoms with Crippen molar-refractivity contribution in [3.05, 3.63) is 36.2 Å². The van der Waals surface area contributed by atoms with Gasteiger partial charge in [0.2, 0.25) is 0 Å². The maximum atomic E-state index is 10.8. The fraction of sp³-hybridized carbons (Fsp3) is 0.231. The topological polar surface area (TPSA) is 75.8 Å². The zero-order chi connectivity index (χ0) is 13.2. The highest BCUT2D eigenvalue weighted by molar-refractivity contribution is 5.85. The van der Waals surface area contributed by atoms with E-state index >= 15 is 0 Å². The number of ether oxygens (including phenoxy) is 1. The standard InChI is InChI=1S/C13H12N2O4/c16-12(17)9-8-19-13(14-9)15-6-3-7-18-11-5-2-1-4-10(11)15/h1-2,4-5,8H,3,6-7H2,(H,16,17). The summed E-state index contributed by atoms with van der Waals surface area (Å²) in [4.78, 5) is 16.7. The van der Waals surface area contributed by atoms with Crippen LogP contribution in [0.5, 0.6) is 5.75 Å². The highest BCUT2D eigenvalue weighted by Gasteiger charge is 2.22. The normalized spacial score (nSPS) is 14.4. The second-order valence-electron chi connectivity index (χ2n) is 4.14. The molecule has 3 rings (SSSR count). The molecule has 0 spiro atoms. The zero-order valence-electron chi connectivity index (χ0n) is 10.1. The van der Waals surface area contributed by atoms with Crippen molar-refractivity contribution in [2.24, 2.45) is 0 Å². The molecule has 1 aliphatic heterocycles. The molecule has 6 heteroatoms. The molecule has 0 bridgehead atoms. The van der Waals surface area contributed by atoms with E-state index in [0.717, 1.165) is 24.1 Å². The van der Waals surface area contributed by atoms with Crippen LogP contribution in [0.3, 0.4) is 0 Å². The van der Waals surface area contributed by atoms with Crippen molar-refractivity contribution >= 4 is 17.7 Å². The summed E-state index contributed by atoms with van der Waals surface area (Å²) >= 11 is 0. The Morgan fingerprint density at radius 1 is 1.37 bits per heavy atom. The molecule has 2 heterocycles. The lowest BCUT2D eigenvalue weighted by atomic mass is 10.2. The van der Waals surface area contributed by atoms with Crippen molar-refractivity contribution < 1.29 is 19.1 Å². The molecule has 0 saturated heterocycles. The number of hydrogen-bond donors (Lipinski definition) is 1. The number of aromatic carboxylic acids is 1. The van der Waals surface area contributed by atoms with Crippen LogP contribution in [0.25, 0.3) is 0 Å². The molecule has 0 fully saturated rings. The van der Waals surface area contributed by atoms with Crippen LogP contribution in [0.2, 0.25) is 0 Å². The number of nitrogens with zero attached hydrogens (tertiary/aromatic N) is 2. The van der Waals surface area contributed by atoms with Crippen LogP contribution in [0, 0.1) is 0 Å². The zero-order valence-corrected chi connectivity index (χ0v) is 10.1. The van der Waals surface area contributed by atoms with Gasteiger partial charge in [0.25, 0.3) is 0 Å². The third kappa shape index (κ3) is 2.12. The van der Waals surface area contributed by atoms with Crippen LogP contribution in [0.15, 0.2) is 34.9 Å². The molecular weight excluding hydrogens is 248 g/mol. The minimum atomic E-state index is -1.10. The molecule has 1 aromatic carbocycles. The highest BCUT2D eigenvalue weighted by Crippen LogP contribution is 2.35. The van der Waals surface area contributed by atoms with Gasteiger partial charge in [-0.25, -0.2) is 4.79 Å². The van der Waals surface area contributed by atoms with Gasteiger partial charge in [-0.3, -0.25) is 4.90 Å². The molecule has 1 aromatic heterocycles. The van der Waals surface area contributed by atoms with Gasteiger partial charge in [0.05, 0.1) is 12.3 Å². The summed E-state index contributed by atoms with van der Waals surface area (Å²) in [5.74, 6) is -0.357. The van der Waals surface area contributed by atoms with E-state index in [9.17, 15) is 4.79 Å². The van der Waals surface area contributed by atoms with Gasteiger partial charge in [-0.2, -0.15) is 4.98 Å². The summed E-state index contributed by atoms with van der Waals surface area (Å²) in [6.07, 6.45) is 1.95. The van der Waals surface area contributed by atoms with E-state index in [1.807, 2.05) is 29.2 Å². The van der Waals surface area contributed by atoms with Gasteiger partial charge in [0.1, 0.15) is 12.0 Å². The predicted molar refractivity (Wildman–Crippen MR) is 67.0 cm³/mol. The average molecular weight is 260 g/mol. The number of aromatic nitrogens is 1. The van der Waals surface area contributed by atoms with Gasteiger partial charge in [0.15, 0.2) is 5.69 Å². The number of para-hydroxylation sites is 2. The first-order valence-electron chi connectivity index (χ1n) is 5.94. The molecule has 6 nitrogen and oxygen atoms in total. The first kappa shape index (κ1) is 11.6. The number of carboxylic acid groups (broad SMARTS) is 1. The molecule has 0 amide bonds. The average Bonchev–Trinajstić information content (AvgIpc) is 2.80. The maximum Gasteiger partial charge on any atom is 0.357 e. The molecule has 2 aromatic rings. The number of hydrogen-bond acceptors (Lipinski definition) is 5. The molecule has 1 N–H and O–H groups in total. The lowest BCUT2D eigenvalue weighted by Gasteiger charge is -2.18. The lowest BCUT2D eigenvalue weighted by Crippen LogP contribution is -2.18. The smallest absolute Gasteiger partial charge is 0.357 e. The summed E-state index contributed by atoms with van der Waals surface area (Å²) in [6, 6.07) is 7.82. The van der Waals surface area contributed by atoms with Gasteiger partial charge in [0, 0.05) is 6.54 Å². The van der Waals surface area contributed by atoms with Crippen molar-refractivity contribution in [2.75, 3.05) is 18.1 Å². The number of carboxylic acids is 1. The predicted octanol–water partition coefficient (Wildman–Crippen LogP) is 2.29. The largest absolute Gasteiger partial charge is 0.491 e. The van der Waals surface area contributed by atoms with Crippen LogP contribution in [0.1, 0.15) is 16.9 Å². The number of benzene rings is 1. The Labute approximate surface area is 109 Å². The van der Waals surface area contributed by atoms with Crippen molar-refractivity contribution in [3.63, 3.8) is 0 Å². The van der Waals surface area contributed by atoms with E-state index in [0.29, 0.717) is 13.2 Å². The van der Waals surface area contributed by atoms with E-state index in [1.165, 1.54) is 0 Å². The van der Waals surface area contributed by atoms with Crippen molar-refractivity contribution in [1.29, 1.82) is 0 Å². The molecule has 0 radical (unpaired) electrons. The number of anilines is 2. The Bertz CT molecular complexity index is 608. The van der Waals surface area contributed by atoms with E-state index < -0.39 is 5.97 Å². The highest BCUT2D eigenvalue weighted by atomic mass is 16.5. The van der Waals surface area contributed by atoms with Crippen LogP contribution >= 0.6 is 0 Å². The SMILES string of the molecule is O=C(O)c1coc(N2CCCOc3ccccc32)n1. The van der Waals surface area contributed by atoms with Crippen molar-refractivity contribution in [1.82, 2.24) is 4.98 Å². The second kappa shape index (κ2) is 4.64. The quantitative estimate of drug-likeness (QED) is 0.892. The van der Waals surface area contributed by atoms with Gasteiger partial charge in [-0.15, -0.1) is 0 Å². The Balaban J connectivity index is 2.01. The third-order valence-corrected chi connectivity index (χ3v) is 2.88. The molecule has 0 unspecified atom stereocenters. The van der Waals surface area contributed by atoms with E-state index in [1.54, 1.807) is 0 Å². The fourth-order valence-electron chi connectivity index (χ4n) is 2.01. The van der Waals surface area contributed by atoms with Crippen LogP contribution in [0.4, 0.5) is 11.7 Å². The fourth-order valence-corrected chi connectivity index (χ4v) is 2.01. The molecule has 0 saturated carbocycles. The number of carbonyl (C=O) groups is 1. The first-order chi connectivity index (χ1) is 9.25. The molecule has 0 atom stereocenters. The van der Waals surface area contributed by atoms with E-state index in [2.05, 4.69) is 4.98 Å². The third-order valence-electron chi connectivity index (χ3n) is 2.88. The Morgan fingerprint density at radius 2 is 2.21 bits per heavy atom. The molecule has 19 heavy (non-hydrogen) atoms. The Hall–Kier alpha value is -2.50. The van der Waals surface area contributed by atoms with Gasteiger partial charge < -0.3 is 14.3 Å². The summed E-state index contributed by atoms with van der Waals surface area (Å²) in [5.41, 5.74) is 0.733. The summed E-state index contributed by atoms with van der Waals surface area (Å²) in [7, 11) is 0. The Morgan fingerprint density at radius 3 is 3.00 bits per heavy atom. The molecular formula is C13H12N2O4. The molecule has 98 valence electrons. The van der Waals surface area contributed by atoms with E-state index in [-0.39, 0.29) is 11.7 Å². The Kier molecular flexibility index (Phi) is 2.83. The lowest BCUT2D eigenvalue weighted by molar-refractivity contribution is 0.0690. The minimum Gasteiger partial charge on any atom is -0.491 e. The summed E-state index contributed by atoms with van der Waals surface area (Å²) in [5, 5.41) is 8.88. The molecule has 0 aliphatic carbocycles. The van der Waals surface area contributed by atoms with Crippen LogP contribution < -0.4 is 9.64 Å².